The van der Waals surface area contributed by atoms with Crippen LogP contribution < -0.4 is 16.8 Å². The Kier molecular flexibility index (Phi) is 3.55. The highest BCUT2D eigenvalue weighted by Gasteiger charge is 2.10. The zero-order chi connectivity index (χ0) is 13.8. The minimum atomic E-state index is -0.408. The van der Waals surface area contributed by atoms with Gasteiger partial charge in [-0.15, -0.1) is 0 Å². The molecule has 0 fully saturated rings. The van der Waals surface area contributed by atoms with Gasteiger partial charge in [0, 0.05) is 24.9 Å². The van der Waals surface area contributed by atoms with Gasteiger partial charge in [0.05, 0.1) is 0 Å². The molecule has 0 radical (unpaired) electrons. The summed E-state index contributed by atoms with van der Waals surface area (Å²) in [6.07, 6.45) is 3.46. The zero-order valence-corrected chi connectivity index (χ0v) is 10.3. The summed E-state index contributed by atoms with van der Waals surface area (Å²) in [4.78, 5) is 22.9. The van der Waals surface area contributed by atoms with Crippen molar-refractivity contribution in [3.05, 3.63) is 18.5 Å². The van der Waals surface area contributed by atoms with E-state index in [1.165, 1.54) is 4.68 Å². The molecule has 9 nitrogen and oxygen atoms in total. The molecule has 9 heteroatoms. The predicted octanol–water partition coefficient (Wildman–Crippen LogP) is -0.685. The standard InChI is InChI=1S/C10H14N8O/c1-6(5-7(11)19)14-9-15-8(12)16-10(17-9)18-4-2-3-13-18/h2-4,6H,5H2,1H3,(H2,11,19)(H3,12,14,15,16,17). The van der Waals surface area contributed by atoms with Gasteiger partial charge in [-0.3, -0.25) is 4.79 Å². The number of rotatable bonds is 5. The molecule has 0 spiro atoms. The number of hydrogen-bond acceptors (Lipinski definition) is 7. The van der Waals surface area contributed by atoms with Crippen LogP contribution in [0.2, 0.25) is 0 Å². The number of primary amides is 1. The number of carbonyl (C=O) groups is 1. The molecule has 1 atom stereocenters. The number of nitrogen functional groups attached to an aromatic ring is 1. The third-order valence-corrected chi connectivity index (χ3v) is 2.23. The van der Waals surface area contributed by atoms with E-state index in [1.807, 2.05) is 0 Å². The second-order valence-electron chi connectivity index (χ2n) is 3.98. The minimum absolute atomic E-state index is 0.0641. The molecule has 1 amide bonds. The lowest BCUT2D eigenvalue weighted by atomic mass is 10.2. The number of nitrogens with one attached hydrogen (secondary N) is 1. The van der Waals surface area contributed by atoms with E-state index in [0.717, 1.165) is 0 Å². The molecule has 5 N–H and O–H groups in total. The van der Waals surface area contributed by atoms with E-state index in [0.29, 0.717) is 5.95 Å². The number of nitrogens with zero attached hydrogens (tertiary/aromatic N) is 5. The second kappa shape index (κ2) is 5.29. The van der Waals surface area contributed by atoms with Crippen molar-refractivity contribution in [2.75, 3.05) is 11.1 Å². The predicted molar refractivity (Wildman–Crippen MR) is 68.3 cm³/mol. The molecule has 2 rings (SSSR count). The Morgan fingerprint density at radius 2 is 2.26 bits per heavy atom. The van der Waals surface area contributed by atoms with Crippen LogP contribution >= 0.6 is 0 Å². The van der Waals surface area contributed by atoms with Crippen LogP contribution in [0.5, 0.6) is 0 Å². The Bertz CT molecular complexity index is 567. The molecule has 2 aromatic rings. The first-order chi connectivity index (χ1) is 9.04. The highest BCUT2D eigenvalue weighted by atomic mass is 16.1. The Hall–Kier alpha value is -2.71. The quantitative estimate of drug-likeness (QED) is 0.648. The Morgan fingerprint density at radius 3 is 2.89 bits per heavy atom. The third-order valence-electron chi connectivity index (χ3n) is 2.23. The first kappa shape index (κ1) is 12.7. The van der Waals surface area contributed by atoms with Crippen molar-refractivity contribution in [3.63, 3.8) is 0 Å². The first-order valence-corrected chi connectivity index (χ1v) is 5.61. The highest BCUT2D eigenvalue weighted by molar-refractivity contribution is 5.74. The molecule has 100 valence electrons. The van der Waals surface area contributed by atoms with E-state index in [4.69, 9.17) is 11.5 Å². The van der Waals surface area contributed by atoms with Gasteiger partial charge in [-0.2, -0.15) is 20.1 Å². The maximum absolute atomic E-state index is 10.8. The van der Waals surface area contributed by atoms with Crippen molar-refractivity contribution in [1.82, 2.24) is 24.7 Å². The second-order valence-corrected chi connectivity index (χ2v) is 3.98. The van der Waals surface area contributed by atoms with E-state index in [1.54, 1.807) is 25.4 Å². The van der Waals surface area contributed by atoms with Gasteiger partial charge in [-0.25, -0.2) is 4.68 Å². The molecule has 0 bridgehead atoms. The summed E-state index contributed by atoms with van der Waals surface area (Å²) < 4.78 is 1.46. The van der Waals surface area contributed by atoms with Crippen LogP contribution in [0.15, 0.2) is 18.5 Å². The van der Waals surface area contributed by atoms with E-state index < -0.39 is 5.91 Å². The Balaban J connectivity index is 2.20. The van der Waals surface area contributed by atoms with Gasteiger partial charge in [0.25, 0.3) is 5.95 Å². The lowest BCUT2D eigenvalue weighted by Gasteiger charge is -2.12. The van der Waals surface area contributed by atoms with Crippen molar-refractivity contribution in [1.29, 1.82) is 0 Å². The van der Waals surface area contributed by atoms with Crippen LogP contribution in [0, 0.1) is 0 Å². The topological polar surface area (TPSA) is 138 Å². The number of anilines is 2. The number of hydrogen-bond donors (Lipinski definition) is 3. The number of amides is 1. The molecule has 2 heterocycles. The van der Waals surface area contributed by atoms with Gasteiger partial charge in [-0.1, -0.05) is 0 Å². The van der Waals surface area contributed by atoms with Gasteiger partial charge in [0.1, 0.15) is 0 Å². The van der Waals surface area contributed by atoms with Crippen LogP contribution in [0.25, 0.3) is 5.95 Å². The molecular formula is C10H14N8O. The SMILES string of the molecule is CC(CC(N)=O)Nc1nc(N)nc(-n2cccn2)n1. The fourth-order valence-electron chi connectivity index (χ4n) is 1.51. The summed E-state index contributed by atoms with van der Waals surface area (Å²) in [5, 5.41) is 6.93. The van der Waals surface area contributed by atoms with Gasteiger partial charge >= 0.3 is 0 Å². The average molecular weight is 262 g/mol. The highest BCUT2D eigenvalue weighted by Crippen LogP contribution is 2.08. The van der Waals surface area contributed by atoms with Crippen LogP contribution in [-0.2, 0) is 4.79 Å². The number of carbonyl (C=O) groups excluding carboxylic acids is 1. The molecule has 0 aliphatic heterocycles. The van der Waals surface area contributed by atoms with Crippen LogP contribution in [-0.4, -0.2) is 36.7 Å². The van der Waals surface area contributed by atoms with Crippen molar-refractivity contribution in [3.8, 4) is 5.95 Å². The molecule has 2 aromatic heterocycles. The molecule has 0 aromatic carbocycles. The number of nitrogens with two attached hydrogens (primary N) is 2. The summed E-state index contributed by atoms with van der Waals surface area (Å²) in [5.41, 5.74) is 10.7. The normalized spacial score (nSPS) is 12.1. The third kappa shape index (κ3) is 3.37. The molecule has 0 aliphatic rings. The fraction of sp³-hybridized carbons (Fsp3) is 0.300. The fourth-order valence-corrected chi connectivity index (χ4v) is 1.51. The van der Waals surface area contributed by atoms with Crippen molar-refractivity contribution in [2.24, 2.45) is 5.73 Å². The lowest BCUT2D eigenvalue weighted by Crippen LogP contribution is -2.25. The maximum Gasteiger partial charge on any atom is 0.257 e. The Labute approximate surface area is 109 Å². The lowest BCUT2D eigenvalue weighted by molar-refractivity contribution is -0.118. The molecule has 0 saturated heterocycles. The van der Waals surface area contributed by atoms with E-state index in [2.05, 4.69) is 25.4 Å². The summed E-state index contributed by atoms with van der Waals surface area (Å²) >= 11 is 0. The summed E-state index contributed by atoms with van der Waals surface area (Å²) in [6, 6.07) is 1.53. The van der Waals surface area contributed by atoms with Gasteiger partial charge < -0.3 is 16.8 Å². The minimum Gasteiger partial charge on any atom is -0.370 e. The van der Waals surface area contributed by atoms with E-state index in [-0.39, 0.29) is 24.4 Å². The largest absolute Gasteiger partial charge is 0.370 e. The van der Waals surface area contributed by atoms with Crippen molar-refractivity contribution in [2.45, 2.75) is 19.4 Å². The van der Waals surface area contributed by atoms with Gasteiger partial charge in [0.2, 0.25) is 17.8 Å². The van der Waals surface area contributed by atoms with E-state index >= 15 is 0 Å². The van der Waals surface area contributed by atoms with Crippen molar-refractivity contribution < 1.29 is 4.79 Å². The van der Waals surface area contributed by atoms with Crippen LogP contribution in [0.3, 0.4) is 0 Å². The summed E-state index contributed by atoms with van der Waals surface area (Å²) in [6.45, 7) is 1.79. The molecular weight excluding hydrogens is 248 g/mol. The summed E-state index contributed by atoms with van der Waals surface area (Å²) in [5.74, 6) is 0.224. The zero-order valence-electron chi connectivity index (χ0n) is 10.3. The molecule has 0 aliphatic carbocycles. The van der Waals surface area contributed by atoms with Gasteiger partial charge in [-0.05, 0) is 13.0 Å². The first-order valence-electron chi connectivity index (χ1n) is 5.61. The van der Waals surface area contributed by atoms with E-state index in [9.17, 15) is 4.79 Å². The maximum atomic E-state index is 10.8. The van der Waals surface area contributed by atoms with Crippen LogP contribution in [0.1, 0.15) is 13.3 Å². The molecule has 19 heavy (non-hydrogen) atoms. The monoisotopic (exact) mass is 262 g/mol. The number of aromatic nitrogens is 5. The Morgan fingerprint density at radius 1 is 1.47 bits per heavy atom. The average Bonchev–Trinajstić information content (AvgIpc) is 2.79. The van der Waals surface area contributed by atoms with Crippen LogP contribution in [0.4, 0.5) is 11.9 Å². The summed E-state index contributed by atoms with van der Waals surface area (Å²) in [7, 11) is 0. The van der Waals surface area contributed by atoms with Gasteiger partial charge in [0.15, 0.2) is 0 Å². The smallest absolute Gasteiger partial charge is 0.257 e. The van der Waals surface area contributed by atoms with Crippen molar-refractivity contribution >= 4 is 17.8 Å². The molecule has 1 unspecified atom stereocenters. The molecule has 0 saturated carbocycles.